The Labute approximate surface area is 164 Å². The maximum absolute atomic E-state index is 12.8. The molecule has 0 bridgehead atoms. The van der Waals surface area contributed by atoms with Gasteiger partial charge < -0.3 is 10.2 Å². The molecule has 4 rings (SSSR count). The molecule has 7 heteroatoms. The fraction of sp³-hybridized carbons (Fsp3) is 0.333. The number of rotatable bonds is 4. The van der Waals surface area contributed by atoms with Crippen LogP contribution in [0.25, 0.3) is 5.82 Å². The van der Waals surface area contributed by atoms with Crippen molar-refractivity contribution in [1.82, 2.24) is 19.7 Å². The molecule has 2 aromatic heterocycles. The normalized spacial score (nSPS) is 16.8. The van der Waals surface area contributed by atoms with E-state index in [1.807, 2.05) is 44.3 Å². The molecule has 1 saturated heterocycles. The van der Waals surface area contributed by atoms with Gasteiger partial charge in [0.25, 0.3) is 0 Å². The molecule has 1 unspecified atom stereocenters. The van der Waals surface area contributed by atoms with E-state index in [9.17, 15) is 4.79 Å². The van der Waals surface area contributed by atoms with Crippen LogP contribution in [0.15, 0.2) is 49.1 Å². The Morgan fingerprint density at radius 2 is 1.89 bits per heavy atom. The number of nitrogens with zero attached hydrogens (tertiary/aromatic N) is 5. The summed E-state index contributed by atoms with van der Waals surface area (Å²) >= 11 is 0. The first kappa shape index (κ1) is 18.2. The first-order chi connectivity index (χ1) is 13.6. The minimum atomic E-state index is -0.0716. The van der Waals surface area contributed by atoms with Crippen LogP contribution in [0.3, 0.4) is 0 Å². The van der Waals surface area contributed by atoms with Gasteiger partial charge in [-0.3, -0.25) is 4.79 Å². The number of hydrogen-bond donors (Lipinski definition) is 1. The van der Waals surface area contributed by atoms with Crippen molar-refractivity contribution in [2.75, 3.05) is 23.3 Å². The Bertz CT molecular complexity index is 949. The Morgan fingerprint density at radius 1 is 1.11 bits per heavy atom. The molecule has 28 heavy (non-hydrogen) atoms. The number of anilines is 2. The Balaban J connectivity index is 1.47. The fourth-order valence-electron chi connectivity index (χ4n) is 3.73. The van der Waals surface area contributed by atoms with Gasteiger partial charge in [-0.15, -0.1) is 0 Å². The predicted molar refractivity (Wildman–Crippen MR) is 109 cm³/mol. The average molecular weight is 376 g/mol. The van der Waals surface area contributed by atoms with Gasteiger partial charge in [0.1, 0.15) is 12.1 Å². The van der Waals surface area contributed by atoms with Crippen molar-refractivity contribution in [1.29, 1.82) is 0 Å². The number of aromatic nitrogens is 4. The van der Waals surface area contributed by atoms with E-state index in [4.69, 9.17) is 0 Å². The molecular formula is C21H24N6O. The summed E-state index contributed by atoms with van der Waals surface area (Å²) in [5.41, 5.74) is 3.16. The van der Waals surface area contributed by atoms with Crippen molar-refractivity contribution < 1.29 is 4.79 Å². The molecule has 3 aromatic rings. The van der Waals surface area contributed by atoms with E-state index in [1.165, 1.54) is 0 Å². The van der Waals surface area contributed by atoms with Crippen LogP contribution in [0.2, 0.25) is 0 Å². The van der Waals surface area contributed by atoms with Crippen molar-refractivity contribution in [3.05, 3.63) is 60.2 Å². The molecule has 0 saturated carbocycles. The van der Waals surface area contributed by atoms with Crippen LogP contribution in [-0.2, 0) is 4.79 Å². The van der Waals surface area contributed by atoms with E-state index in [0.717, 1.165) is 47.8 Å². The summed E-state index contributed by atoms with van der Waals surface area (Å²) in [7, 11) is 0. The molecule has 0 spiro atoms. The molecule has 0 radical (unpaired) electrons. The minimum Gasteiger partial charge on any atom is -0.356 e. The van der Waals surface area contributed by atoms with Crippen LogP contribution >= 0.6 is 0 Å². The number of nitrogens with one attached hydrogen (secondary N) is 1. The topological polar surface area (TPSA) is 75.9 Å². The minimum absolute atomic E-state index is 0.0658. The SMILES string of the molecule is Cc1cc(C)cc(NC(=O)C2CCCN(c3cc(-n4cccn4)ncn3)C2)c1. The van der Waals surface area contributed by atoms with Crippen LogP contribution in [0.5, 0.6) is 0 Å². The molecular weight excluding hydrogens is 352 g/mol. The molecule has 1 aliphatic rings. The van der Waals surface area contributed by atoms with Gasteiger partial charge in [0, 0.05) is 37.2 Å². The summed E-state index contributed by atoms with van der Waals surface area (Å²) in [6.07, 6.45) is 6.94. The van der Waals surface area contributed by atoms with E-state index in [-0.39, 0.29) is 11.8 Å². The lowest BCUT2D eigenvalue weighted by molar-refractivity contribution is -0.120. The van der Waals surface area contributed by atoms with Crippen molar-refractivity contribution in [3.8, 4) is 5.82 Å². The molecule has 1 amide bonds. The van der Waals surface area contributed by atoms with Crippen LogP contribution in [0.4, 0.5) is 11.5 Å². The zero-order chi connectivity index (χ0) is 19.5. The average Bonchev–Trinajstić information content (AvgIpc) is 3.22. The van der Waals surface area contributed by atoms with Gasteiger partial charge in [-0.1, -0.05) is 6.07 Å². The number of carbonyl (C=O) groups excluding carboxylic acids is 1. The number of benzene rings is 1. The highest BCUT2D eigenvalue weighted by Gasteiger charge is 2.27. The third kappa shape index (κ3) is 4.03. The molecule has 1 N–H and O–H groups in total. The van der Waals surface area contributed by atoms with Crippen LogP contribution in [-0.4, -0.2) is 38.7 Å². The van der Waals surface area contributed by atoms with Gasteiger partial charge in [-0.2, -0.15) is 5.10 Å². The highest BCUT2D eigenvalue weighted by molar-refractivity contribution is 5.93. The highest BCUT2D eigenvalue weighted by atomic mass is 16.1. The van der Waals surface area contributed by atoms with Crippen LogP contribution < -0.4 is 10.2 Å². The van der Waals surface area contributed by atoms with Crippen LogP contribution in [0, 0.1) is 19.8 Å². The van der Waals surface area contributed by atoms with Crippen molar-refractivity contribution in [3.63, 3.8) is 0 Å². The van der Waals surface area contributed by atoms with Crippen molar-refractivity contribution in [2.24, 2.45) is 5.92 Å². The third-order valence-corrected chi connectivity index (χ3v) is 4.98. The summed E-state index contributed by atoms with van der Waals surface area (Å²) in [5, 5.41) is 7.31. The van der Waals surface area contributed by atoms with E-state index in [0.29, 0.717) is 6.54 Å². The second-order valence-corrected chi connectivity index (χ2v) is 7.34. The zero-order valence-electron chi connectivity index (χ0n) is 16.2. The quantitative estimate of drug-likeness (QED) is 0.757. The van der Waals surface area contributed by atoms with Crippen molar-refractivity contribution in [2.45, 2.75) is 26.7 Å². The second kappa shape index (κ2) is 7.80. The maximum Gasteiger partial charge on any atom is 0.229 e. The highest BCUT2D eigenvalue weighted by Crippen LogP contribution is 2.24. The fourth-order valence-corrected chi connectivity index (χ4v) is 3.73. The summed E-state index contributed by atoms with van der Waals surface area (Å²) in [4.78, 5) is 23.7. The van der Waals surface area contributed by atoms with Gasteiger partial charge in [0.2, 0.25) is 5.91 Å². The van der Waals surface area contributed by atoms with Gasteiger partial charge in [0.05, 0.1) is 5.92 Å². The molecule has 1 atom stereocenters. The monoisotopic (exact) mass is 376 g/mol. The summed E-state index contributed by atoms with van der Waals surface area (Å²) in [6.45, 7) is 5.60. The summed E-state index contributed by atoms with van der Waals surface area (Å²) < 4.78 is 1.71. The van der Waals surface area contributed by atoms with Crippen LogP contribution in [0.1, 0.15) is 24.0 Å². The number of aryl methyl sites for hydroxylation is 2. The Morgan fingerprint density at radius 3 is 2.64 bits per heavy atom. The van der Waals surface area contributed by atoms with Gasteiger partial charge in [0.15, 0.2) is 5.82 Å². The van der Waals surface area contributed by atoms with E-state index in [2.05, 4.69) is 31.3 Å². The number of amides is 1. The molecule has 0 aliphatic carbocycles. The molecule has 7 nitrogen and oxygen atoms in total. The maximum atomic E-state index is 12.8. The molecule has 1 aliphatic heterocycles. The molecule has 144 valence electrons. The van der Waals surface area contributed by atoms with E-state index < -0.39 is 0 Å². The van der Waals surface area contributed by atoms with Gasteiger partial charge >= 0.3 is 0 Å². The standard InChI is InChI=1S/C21H24N6O/c1-15-9-16(2)11-18(10-15)25-21(28)17-5-3-7-26(13-17)19-12-20(23-14-22-19)27-8-4-6-24-27/h4,6,8-12,14,17H,3,5,7,13H2,1-2H3,(H,25,28). The first-order valence-corrected chi connectivity index (χ1v) is 9.55. The Hall–Kier alpha value is -3.22. The predicted octanol–water partition coefficient (Wildman–Crippen LogP) is 3.13. The Kier molecular flexibility index (Phi) is 5.06. The number of hydrogen-bond acceptors (Lipinski definition) is 5. The lowest BCUT2D eigenvalue weighted by Crippen LogP contribution is -2.41. The third-order valence-electron chi connectivity index (χ3n) is 4.98. The van der Waals surface area contributed by atoms with E-state index in [1.54, 1.807) is 17.2 Å². The summed E-state index contributed by atoms with van der Waals surface area (Å²) in [6, 6.07) is 9.89. The molecule has 3 heterocycles. The van der Waals surface area contributed by atoms with Gasteiger partial charge in [-0.05, 0) is 56.0 Å². The second-order valence-electron chi connectivity index (χ2n) is 7.34. The molecule has 1 aromatic carbocycles. The largest absolute Gasteiger partial charge is 0.356 e. The molecule has 1 fully saturated rings. The lowest BCUT2D eigenvalue weighted by atomic mass is 9.97. The first-order valence-electron chi connectivity index (χ1n) is 9.55. The number of piperidine rings is 1. The number of carbonyl (C=O) groups is 1. The van der Waals surface area contributed by atoms with Gasteiger partial charge in [-0.25, -0.2) is 14.6 Å². The van der Waals surface area contributed by atoms with E-state index >= 15 is 0 Å². The smallest absolute Gasteiger partial charge is 0.229 e. The summed E-state index contributed by atoms with van der Waals surface area (Å²) in [5.74, 6) is 1.54. The lowest BCUT2D eigenvalue weighted by Gasteiger charge is -2.33. The van der Waals surface area contributed by atoms with Crippen molar-refractivity contribution >= 4 is 17.4 Å². The zero-order valence-corrected chi connectivity index (χ0v) is 16.2.